The van der Waals surface area contributed by atoms with E-state index in [1.54, 1.807) is 4.88 Å². The van der Waals surface area contributed by atoms with Gasteiger partial charge in [-0.3, -0.25) is 0 Å². The van der Waals surface area contributed by atoms with Crippen LogP contribution in [0, 0.1) is 12.8 Å². The molecule has 1 aliphatic rings. The Hall–Kier alpha value is -0.340. The van der Waals surface area contributed by atoms with Crippen LogP contribution in [0.15, 0.2) is 11.4 Å². The minimum atomic E-state index is 0.761. The minimum absolute atomic E-state index is 0.761. The number of hydrogen-bond acceptors (Lipinski definition) is 2. The number of aryl methyl sites for hydroxylation is 1. The molecule has 1 aliphatic carbocycles. The summed E-state index contributed by atoms with van der Waals surface area (Å²) >= 11 is 1.94. The quantitative estimate of drug-likeness (QED) is 0.823. The van der Waals surface area contributed by atoms with Gasteiger partial charge in [0.15, 0.2) is 0 Å². The van der Waals surface area contributed by atoms with Gasteiger partial charge in [-0.05, 0) is 55.2 Å². The molecule has 1 N–H and O–H groups in total. The van der Waals surface area contributed by atoms with Crippen LogP contribution in [0.1, 0.15) is 43.0 Å². The zero-order valence-corrected chi connectivity index (χ0v) is 10.7. The van der Waals surface area contributed by atoms with Gasteiger partial charge in [0, 0.05) is 10.9 Å². The van der Waals surface area contributed by atoms with Crippen molar-refractivity contribution < 1.29 is 0 Å². The lowest BCUT2D eigenvalue weighted by molar-refractivity contribution is 0.187. The summed E-state index contributed by atoms with van der Waals surface area (Å²) in [6, 6.07) is 3.01. The summed E-state index contributed by atoms with van der Waals surface area (Å²) in [5.41, 5.74) is 1.49. The molecule has 0 radical (unpaired) electrons. The van der Waals surface area contributed by atoms with Gasteiger partial charge < -0.3 is 5.32 Å². The molecule has 0 bridgehead atoms. The van der Waals surface area contributed by atoms with Crippen molar-refractivity contribution in [3.8, 4) is 0 Å². The Bertz CT molecular complexity index is 318. The van der Waals surface area contributed by atoms with Gasteiger partial charge in [0.25, 0.3) is 0 Å². The molecule has 1 saturated carbocycles. The molecule has 0 spiro atoms. The van der Waals surface area contributed by atoms with Crippen molar-refractivity contribution in [2.24, 2.45) is 5.92 Å². The Kier molecular flexibility index (Phi) is 3.47. The van der Waals surface area contributed by atoms with Gasteiger partial charge in [-0.15, -0.1) is 11.3 Å². The maximum Gasteiger partial charge on any atom is 0.0109 e. The lowest BCUT2D eigenvalue weighted by atomic mass is 9.69. The van der Waals surface area contributed by atoms with E-state index in [0.717, 1.165) is 17.9 Å². The Balaban J connectivity index is 1.92. The van der Waals surface area contributed by atoms with E-state index in [-0.39, 0.29) is 0 Å². The third kappa shape index (κ3) is 2.11. The molecule has 15 heavy (non-hydrogen) atoms. The average molecular weight is 223 g/mol. The molecular formula is C13H21NS. The van der Waals surface area contributed by atoms with Gasteiger partial charge >= 0.3 is 0 Å². The van der Waals surface area contributed by atoms with Crippen molar-refractivity contribution in [2.45, 2.75) is 45.6 Å². The van der Waals surface area contributed by atoms with Crippen LogP contribution in [0.25, 0.3) is 0 Å². The fraction of sp³-hybridized carbons (Fsp3) is 0.692. The lowest BCUT2D eigenvalue weighted by Crippen LogP contribution is -2.47. The molecule has 84 valence electrons. The molecule has 3 atom stereocenters. The average Bonchev–Trinajstić information content (AvgIpc) is 2.63. The first-order valence-electron chi connectivity index (χ1n) is 6.01. The summed E-state index contributed by atoms with van der Waals surface area (Å²) in [5.74, 6) is 1.63. The van der Waals surface area contributed by atoms with Gasteiger partial charge in [-0.2, -0.15) is 0 Å². The summed E-state index contributed by atoms with van der Waals surface area (Å²) in [7, 11) is 0. The van der Waals surface area contributed by atoms with Gasteiger partial charge in [-0.25, -0.2) is 0 Å². The Morgan fingerprint density at radius 1 is 1.53 bits per heavy atom. The smallest absolute Gasteiger partial charge is 0.0109 e. The molecule has 1 fully saturated rings. The Morgan fingerprint density at radius 2 is 2.33 bits per heavy atom. The topological polar surface area (TPSA) is 12.0 Å². The number of nitrogens with one attached hydrogen (secondary N) is 1. The first-order valence-corrected chi connectivity index (χ1v) is 6.89. The second-order valence-electron chi connectivity index (χ2n) is 4.73. The van der Waals surface area contributed by atoms with Gasteiger partial charge in [0.2, 0.25) is 0 Å². The normalized spacial score (nSPS) is 30.2. The molecule has 1 aromatic heterocycles. The Labute approximate surface area is 96.9 Å². The van der Waals surface area contributed by atoms with Crippen molar-refractivity contribution >= 4 is 11.3 Å². The lowest BCUT2D eigenvalue weighted by Gasteiger charge is -2.43. The minimum Gasteiger partial charge on any atom is -0.314 e. The highest BCUT2D eigenvalue weighted by Gasteiger charge is 2.39. The maximum absolute atomic E-state index is 3.63. The van der Waals surface area contributed by atoms with Gasteiger partial charge in [0.1, 0.15) is 0 Å². The van der Waals surface area contributed by atoms with Crippen molar-refractivity contribution in [3.63, 3.8) is 0 Å². The third-order valence-electron chi connectivity index (χ3n) is 3.67. The highest BCUT2D eigenvalue weighted by Crippen LogP contribution is 2.45. The van der Waals surface area contributed by atoms with E-state index in [0.29, 0.717) is 0 Å². The fourth-order valence-corrected chi connectivity index (χ4v) is 3.65. The summed E-state index contributed by atoms with van der Waals surface area (Å²) in [6.45, 7) is 8.04. The van der Waals surface area contributed by atoms with E-state index in [2.05, 4.69) is 37.5 Å². The van der Waals surface area contributed by atoms with Crippen LogP contribution in [0.4, 0.5) is 0 Å². The largest absolute Gasteiger partial charge is 0.314 e. The first-order chi connectivity index (χ1) is 7.24. The van der Waals surface area contributed by atoms with E-state index in [4.69, 9.17) is 0 Å². The van der Waals surface area contributed by atoms with Crippen molar-refractivity contribution in [2.75, 3.05) is 6.54 Å². The first kappa shape index (κ1) is 11.2. The summed E-state index contributed by atoms with van der Waals surface area (Å²) in [6.07, 6.45) is 2.58. The molecule has 0 amide bonds. The molecular weight excluding hydrogens is 202 g/mol. The zero-order valence-electron chi connectivity index (χ0n) is 9.92. The SMILES string of the molecule is CCCNC1CC(c2sccc2C)C1C. The molecule has 1 heterocycles. The predicted octanol–water partition coefficient (Wildman–Crippen LogP) is 3.55. The maximum atomic E-state index is 3.63. The van der Waals surface area contributed by atoms with Crippen LogP contribution in [0.2, 0.25) is 0 Å². The van der Waals surface area contributed by atoms with Crippen LogP contribution >= 0.6 is 11.3 Å². The molecule has 2 rings (SSSR count). The van der Waals surface area contributed by atoms with Gasteiger partial charge in [-0.1, -0.05) is 13.8 Å². The van der Waals surface area contributed by atoms with E-state index in [1.807, 2.05) is 11.3 Å². The molecule has 0 aliphatic heterocycles. The standard InChI is InChI=1S/C13H21NS/c1-4-6-14-12-8-11(10(12)3)13-9(2)5-7-15-13/h5,7,10-12,14H,4,6,8H2,1-3H3. The van der Waals surface area contributed by atoms with Crippen LogP contribution in [-0.4, -0.2) is 12.6 Å². The summed E-state index contributed by atoms with van der Waals surface area (Å²) < 4.78 is 0. The third-order valence-corrected chi connectivity index (χ3v) is 4.82. The fourth-order valence-electron chi connectivity index (χ4n) is 2.50. The molecule has 0 saturated heterocycles. The number of thiophene rings is 1. The predicted molar refractivity (Wildman–Crippen MR) is 67.7 cm³/mol. The van der Waals surface area contributed by atoms with Crippen LogP contribution < -0.4 is 5.32 Å². The van der Waals surface area contributed by atoms with Crippen molar-refractivity contribution in [1.29, 1.82) is 0 Å². The van der Waals surface area contributed by atoms with Crippen LogP contribution in [0.3, 0.4) is 0 Å². The number of rotatable bonds is 4. The highest BCUT2D eigenvalue weighted by molar-refractivity contribution is 7.10. The summed E-state index contributed by atoms with van der Waals surface area (Å²) in [4.78, 5) is 1.62. The Morgan fingerprint density at radius 3 is 2.87 bits per heavy atom. The van der Waals surface area contributed by atoms with E-state index in [1.165, 1.54) is 24.9 Å². The molecule has 0 aromatic carbocycles. The van der Waals surface area contributed by atoms with E-state index in [9.17, 15) is 0 Å². The number of hydrogen-bond donors (Lipinski definition) is 1. The molecule has 3 unspecified atom stereocenters. The van der Waals surface area contributed by atoms with E-state index >= 15 is 0 Å². The molecule has 1 aromatic rings. The molecule has 2 heteroatoms. The second-order valence-corrected chi connectivity index (χ2v) is 5.68. The highest BCUT2D eigenvalue weighted by atomic mass is 32.1. The van der Waals surface area contributed by atoms with Crippen molar-refractivity contribution in [3.05, 3.63) is 21.9 Å². The van der Waals surface area contributed by atoms with Crippen LogP contribution in [0.5, 0.6) is 0 Å². The van der Waals surface area contributed by atoms with Crippen LogP contribution in [-0.2, 0) is 0 Å². The molecule has 1 nitrogen and oxygen atoms in total. The summed E-state index contributed by atoms with van der Waals surface area (Å²) in [5, 5.41) is 5.86. The van der Waals surface area contributed by atoms with E-state index < -0.39 is 0 Å². The van der Waals surface area contributed by atoms with Crippen molar-refractivity contribution in [1.82, 2.24) is 5.32 Å². The second kappa shape index (κ2) is 4.67. The zero-order chi connectivity index (χ0) is 10.8. The van der Waals surface area contributed by atoms with Gasteiger partial charge in [0.05, 0.1) is 0 Å². The monoisotopic (exact) mass is 223 g/mol.